The molecular formula is C26H29Cl2N5O2S. The highest BCUT2D eigenvalue weighted by atomic mass is 35.5. The van der Waals surface area contributed by atoms with Crippen molar-refractivity contribution < 1.29 is 9.59 Å². The summed E-state index contributed by atoms with van der Waals surface area (Å²) >= 11 is 13.6. The van der Waals surface area contributed by atoms with Crippen molar-refractivity contribution in [2.45, 2.75) is 58.0 Å². The molecule has 0 unspecified atom stereocenters. The average molecular weight is 547 g/mol. The van der Waals surface area contributed by atoms with Gasteiger partial charge in [-0.25, -0.2) is 4.98 Å². The molecule has 10 heteroatoms. The third kappa shape index (κ3) is 6.55. The second-order valence-electron chi connectivity index (χ2n) is 9.10. The van der Waals surface area contributed by atoms with Crippen LogP contribution in [0.4, 0.5) is 16.4 Å². The van der Waals surface area contributed by atoms with Crippen LogP contribution in [0.15, 0.2) is 42.7 Å². The molecule has 3 aromatic heterocycles. The highest BCUT2D eigenvalue weighted by Crippen LogP contribution is 2.36. The van der Waals surface area contributed by atoms with Gasteiger partial charge in [0.15, 0.2) is 0 Å². The highest BCUT2D eigenvalue weighted by molar-refractivity contribution is 7.16. The number of hydrogen-bond donors (Lipinski definition) is 2. The quantitative estimate of drug-likeness (QED) is 0.214. The summed E-state index contributed by atoms with van der Waals surface area (Å²) in [6, 6.07) is 8.33. The summed E-state index contributed by atoms with van der Waals surface area (Å²) in [5.41, 5.74) is 2.26. The predicted octanol–water partition coefficient (Wildman–Crippen LogP) is 6.88. The Labute approximate surface area is 225 Å². The van der Waals surface area contributed by atoms with E-state index in [9.17, 15) is 9.59 Å². The van der Waals surface area contributed by atoms with Crippen LogP contribution in [-0.4, -0.2) is 28.3 Å². The minimum Gasteiger partial charge on any atom is -0.376 e. The SMILES string of the molecule is Cc1ncc(Cl)cc1N[C@@H](C)c1ccc(N(C=O)[C@@H](CC2CCCC2)C(=O)Nc2ccnc(Cl)c2)s1. The second-order valence-corrected chi connectivity index (χ2v) is 11.0. The number of nitrogens with one attached hydrogen (secondary N) is 2. The molecule has 36 heavy (non-hydrogen) atoms. The third-order valence-corrected chi connectivity index (χ3v) is 8.19. The van der Waals surface area contributed by atoms with E-state index >= 15 is 0 Å². The van der Waals surface area contributed by atoms with E-state index in [2.05, 4.69) is 20.6 Å². The molecule has 3 heterocycles. The maximum absolute atomic E-state index is 13.4. The number of carbonyl (C=O) groups is 2. The third-order valence-electron chi connectivity index (χ3n) is 6.50. The number of amides is 2. The van der Waals surface area contributed by atoms with Gasteiger partial charge in [-0.05, 0) is 56.5 Å². The summed E-state index contributed by atoms with van der Waals surface area (Å²) in [7, 11) is 0. The number of aromatic nitrogens is 2. The van der Waals surface area contributed by atoms with Crippen molar-refractivity contribution in [3.05, 3.63) is 63.5 Å². The molecule has 0 aliphatic heterocycles. The average Bonchev–Trinajstić information content (AvgIpc) is 3.54. The van der Waals surface area contributed by atoms with Crippen LogP contribution in [0.3, 0.4) is 0 Å². The van der Waals surface area contributed by atoms with Crippen LogP contribution in [0.25, 0.3) is 0 Å². The number of aryl methyl sites for hydroxylation is 1. The van der Waals surface area contributed by atoms with Crippen LogP contribution in [0, 0.1) is 12.8 Å². The topological polar surface area (TPSA) is 87.2 Å². The predicted molar refractivity (Wildman–Crippen MR) is 147 cm³/mol. The number of carbonyl (C=O) groups excluding carboxylic acids is 2. The lowest BCUT2D eigenvalue weighted by Crippen LogP contribution is -2.44. The van der Waals surface area contributed by atoms with E-state index in [1.165, 1.54) is 11.3 Å². The van der Waals surface area contributed by atoms with E-state index < -0.39 is 6.04 Å². The Hall–Kier alpha value is -2.68. The lowest BCUT2D eigenvalue weighted by molar-refractivity contribution is -0.119. The Balaban J connectivity index is 1.55. The zero-order valence-corrected chi connectivity index (χ0v) is 22.5. The monoisotopic (exact) mass is 545 g/mol. The van der Waals surface area contributed by atoms with Crippen LogP contribution in [0.1, 0.15) is 55.6 Å². The highest BCUT2D eigenvalue weighted by Gasteiger charge is 2.31. The lowest BCUT2D eigenvalue weighted by Gasteiger charge is -2.28. The lowest BCUT2D eigenvalue weighted by atomic mass is 9.97. The maximum atomic E-state index is 13.4. The van der Waals surface area contributed by atoms with E-state index in [-0.39, 0.29) is 11.9 Å². The van der Waals surface area contributed by atoms with E-state index in [1.54, 1.807) is 29.4 Å². The Morgan fingerprint density at radius 1 is 1.22 bits per heavy atom. The van der Waals surface area contributed by atoms with Gasteiger partial charge in [0, 0.05) is 23.0 Å². The minimum atomic E-state index is -0.633. The van der Waals surface area contributed by atoms with Gasteiger partial charge in [-0.1, -0.05) is 48.9 Å². The van der Waals surface area contributed by atoms with Crippen LogP contribution < -0.4 is 15.5 Å². The number of pyridine rings is 2. The molecule has 4 rings (SSSR count). The molecule has 0 bridgehead atoms. The van der Waals surface area contributed by atoms with Crippen molar-refractivity contribution in [2.75, 3.05) is 15.5 Å². The first-order valence-corrected chi connectivity index (χ1v) is 13.6. The first-order valence-electron chi connectivity index (χ1n) is 12.0. The summed E-state index contributed by atoms with van der Waals surface area (Å²) in [5.74, 6) is 0.167. The van der Waals surface area contributed by atoms with Crippen molar-refractivity contribution >= 4 is 63.2 Å². The van der Waals surface area contributed by atoms with Crippen molar-refractivity contribution in [1.82, 2.24) is 9.97 Å². The largest absolute Gasteiger partial charge is 0.376 e. The van der Waals surface area contributed by atoms with Gasteiger partial charge in [0.2, 0.25) is 12.3 Å². The summed E-state index contributed by atoms with van der Waals surface area (Å²) in [5, 5.41) is 7.95. The van der Waals surface area contributed by atoms with Gasteiger partial charge in [0.05, 0.1) is 27.4 Å². The molecule has 1 aliphatic rings. The summed E-state index contributed by atoms with van der Waals surface area (Å²) in [6.45, 7) is 3.96. The van der Waals surface area contributed by atoms with E-state index in [0.29, 0.717) is 28.2 Å². The zero-order chi connectivity index (χ0) is 25.7. The molecule has 0 saturated heterocycles. The van der Waals surface area contributed by atoms with Crippen molar-refractivity contribution in [1.29, 1.82) is 0 Å². The Kier molecular flexibility index (Phi) is 8.82. The molecule has 1 saturated carbocycles. The number of rotatable bonds is 10. The molecular weight excluding hydrogens is 517 g/mol. The second kappa shape index (κ2) is 12.0. The molecule has 7 nitrogen and oxygen atoms in total. The van der Waals surface area contributed by atoms with E-state index in [0.717, 1.165) is 53.4 Å². The van der Waals surface area contributed by atoms with Gasteiger partial charge < -0.3 is 10.6 Å². The molecule has 0 spiro atoms. The molecule has 3 aromatic rings. The molecule has 190 valence electrons. The van der Waals surface area contributed by atoms with Crippen molar-refractivity contribution in [2.24, 2.45) is 5.92 Å². The number of thiophene rings is 1. The van der Waals surface area contributed by atoms with Crippen LogP contribution in [0.5, 0.6) is 0 Å². The maximum Gasteiger partial charge on any atom is 0.247 e. The van der Waals surface area contributed by atoms with Gasteiger partial charge in [-0.2, -0.15) is 0 Å². The molecule has 1 aliphatic carbocycles. The van der Waals surface area contributed by atoms with Crippen molar-refractivity contribution in [3.63, 3.8) is 0 Å². The minimum absolute atomic E-state index is 0.0442. The Morgan fingerprint density at radius 2 is 2.00 bits per heavy atom. The summed E-state index contributed by atoms with van der Waals surface area (Å²) in [6.07, 6.45) is 8.98. The normalized spacial score (nSPS) is 15.3. The molecule has 0 radical (unpaired) electrons. The van der Waals surface area contributed by atoms with Crippen LogP contribution in [-0.2, 0) is 9.59 Å². The van der Waals surface area contributed by atoms with Gasteiger partial charge in [0.25, 0.3) is 0 Å². The molecule has 1 fully saturated rings. The summed E-state index contributed by atoms with van der Waals surface area (Å²) < 4.78 is 0. The number of nitrogens with zero attached hydrogens (tertiary/aromatic N) is 3. The van der Waals surface area contributed by atoms with Gasteiger partial charge in [-0.3, -0.25) is 19.5 Å². The van der Waals surface area contributed by atoms with Crippen LogP contribution in [0.2, 0.25) is 10.2 Å². The van der Waals surface area contributed by atoms with Gasteiger partial charge in [-0.15, -0.1) is 11.3 Å². The smallest absolute Gasteiger partial charge is 0.247 e. The summed E-state index contributed by atoms with van der Waals surface area (Å²) in [4.78, 5) is 36.7. The fraction of sp³-hybridized carbons (Fsp3) is 0.385. The number of anilines is 3. The Morgan fingerprint density at radius 3 is 2.72 bits per heavy atom. The first-order chi connectivity index (χ1) is 17.3. The molecule has 0 aromatic carbocycles. The fourth-order valence-corrected chi connectivity index (χ4v) is 5.92. The van der Waals surface area contributed by atoms with Crippen molar-refractivity contribution in [3.8, 4) is 0 Å². The van der Waals surface area contributed by atoms with Gasteiger partial charge >= 0.3 is 0 Å². The number of hydrogen-bond acceptors (Lipinski definition) is 6. The number of halogens is 2. The van der Waals surface area contributed by atoms with E-state index in [1.807, 2.05) is 32.0 Å². The molecule has 2 N–H and O–H groups in total. The standard InChI is InChI=1S/C26H29Cl2N5O2S/c1-16-21(12-19(27)14-30-16)31-17(2)23-7-8-25(36-23)33(15-34)22(11-18-5-3-4-6-18)26(35)32-20-9-10-29-24(28)13-20/h7-10,12-15,17-18,22,31H,3-6,11H2,1-2H3,(H,29,32,35)/t17-,22-/m0/s1. The Bertz CT molecular complexity index is 1210. The van der Waals surface area contributed by atoms with Gasteiger partial charge in [0.1, 0.15) is 11.2 Å². The zero-order valence-electron chi connectivity index (χ0n) is 20.2. The molecule has 2 amide bonds. The fourth-order valence-electron chi connectivity index (χ4n) is 4.57. The first kappa shape index (κ1) is 26.4. The van der Waals surface area contributed by atoms with Crippen LogP contribution >= 0.6 is 34.5 Å². The molecule has 2 atom stereocenters. The van der Waals surface area contributed by atoms with E-state index in [4.69, 9.17) is 23.2 Å².